The van der Waals surface area contributed by atoms with Gasteiger partial charge in [0.25, 0.3) is 6.29 Å². The predicted octanol–water partition coefficient (Wildman–Crippen LogP) is 18.1. The Hall–Kier alpha value is -2.37. The summed E-state index contributed by atoms with van der Waals surface area (Å²) >= 11 is 0. The maximum atomic E-state index is 12.8. The number of hydrogen-bond acceptors (Lipinski definition) is 6. The number of ether oxygens (including phenoxy) is 3. The lowest BCUT2D eigenvalue weighted by atomic mass is 10.1. The van der Waals surface area contributed by atoms with E-state index >= 15 is 0 Å². The first-order valence-electron chi connectivity index (χ1n) is 27.0. The number of carbonyl (C=O) groups excluding carboxylic acids is 3. The van der Waals surface area contributed by atoms with Crippen LogP contribution in [-0.2, 0) is 28.6 Å². The first-order chi connectivity index (χ1) is 30.5. The Morgan fingerprint density at radius 1 is 0.306 bits per heavy atom. The van der Waals surface area contributed by atoms with Crippen molar-refractivity contribution in [3.8, 4) is 0 Å². The largest absolute Gasteiger partial charge is 0.458 e. The SMILES string of the molecule is CCCCCCCC/C=C\CCCCCCCC(=O)OCC(OC(=O)CCCCCCC/C=C\CCCCCCCC)OC(=O)CCCCCCC/C=C\CCCCCCCC. The minimum Gasteiger partial charge on any atom is -0.458 e. The summed E-state index contributed by atoms with van der Waals surface area (Å²) in [6.07, 6.45) is 60.2. The fourth-order valence-corrected chi connectivity index (χ4v) is 7.76. The standard InChI is InChI=1S/C56H102O6/c1-4-7-10-13-16-19-22-25-28-31-34-37-40-43-46-49-53(57)60-52-56(61-54(58)50-47-44-41-38-35-32-29-26-23-20-17-14-11-8-5-2)62-55(59)51-48-45-42-39-36-33-30-27-24-21-18-15-12-9-6-3/h25-30,56H,4-24,31-52H2,1-3H3/b28-25-,29-26-,30-27-. The number of hydrogen-bond donors (Lipinski definition) is 0. The third kappa shape index (κ3) is 48.7. The molecule has 0 aromatic carbocycles. The lowest BCUT2D eigenvalue weighted by Crippen LogP contribution is -2.30. The van der Waals surface area contributed by atoms with E-state index in [1.54, 1.807) is 0 Å². The molecule has 0 atom stereocenters. The van der Waals surface area contributed by atoms with E-state index in [0.29, 0.717) is 6.42 Å². The van der Waals surface area contributed by atoms with E-state index in [0.717, 1.165) is 96.3 Å². The zero-order valence-corrected chi connectivity index (χ0v) is 41.4. The molecule has 0 unspecified atom stereocenters. The van der Waals surface area contributed by atoms with Crippen molar-refractivity contribution in [1.29, 1.82) is 0 Å². The molecule has 0 saturated heterocycles. The van der Waals surface area contributed by atoms with Crippen LogP contribution in [-0.4, -0.2) is 30.8 Å². The molecule has 6 nitrogen and oxygen atoms in total. The van der Waals surface area contributed by atoms with E-state index in [-0.39, 0.29) is 25.4 Å². The Morgan fingerprint density at radius 3 is 0.806 bits per heavy atom. The molecule has 0 aliphatic carbocycles. The Bertz CT molecular complexity index is 993. The van der Waals surface area contributed by atoms with Crippen molar-refractivity contribution in [1.82, 2.24) is 0 Å². The summed E-state index contributed by atoms with van der Waals surface area (Å²) in [5.74, 6) is -1.15. The van der Waals surface area contributed by atoms with Gasteiger partial charge in [-0.2, -0.15) is 0 Å². The molecule has 0 radical (unpaired) electrons. The fourth-order valence-electron chi connectivity index (χ4n) is 7.76. The van der Waals surface area contributed by atoms with Gasteiger partial charge in [0.2, 0.25) is 0 Å². The first kappa shape index (κ1) is 59.6. The molecule has 0 heterocycles. The molecule has 0 aliphatic rings. The van der Waals surface area contributed by atoms with Gasteiger partial charge in [0.05, 0.1) is 0 Å². The van der Waals surface area contributed by atoms with Crippen molar-refractivity contribution in [2.75, 3.05) is 6.61 Å². The van der Waals surface area contributed by atoms with Gasteiger partial charge >= 0.3 is 17.9 Å². The predicted molar refractivity (Wildman–Crippen MR) is 265 cm³/mol. The van der Waals surface area contributed by atoms with Crippen LogP contribution in [0.1, 0.15) is 290 Å². The van der Waals surface area contributed by atoms with E-state index in [1.807, 2.05) is 0 Å². The Labute approximate surface area is 385 Å². The van der Waals surface area contributed by atoms with Crippen LogP contribution in [0, 0.1) is 0 Å². The van der Waals surface area contributed by atoms with Gasteiger partial charge < -0.3 is 14.2 Å². The third-order valence-corrected chi connectivity index (χ3v) is 11.8. The summed E-state index contributed by atoms with van der Waals surface area (Å²) in [5.41, 5.74) is 0. The van der Waals surface area contributed by atoms with Crippen molar-refractivity contribution in [3.05, 3.63) is 36.5 Å². The summed E-state index contributed by atoms with van der Waals surface area (Å²) in [5, 5.41) is 0. The molecule has 0 N–H and O–H groups in total. The zero-order chi connectivity index (χ0) is 45.1. The second-order valence-electron chi connectivity index (χ2n) is 18.1. The van der Waals surface area contributed by atoms with Crippen LogP contribution in [0.4, 0.5) is 0 Å². The Balaban J connectivity index is 4.40. The molecule has 62 heavy (non-hydrogen) atoms. The highest BCUT2D eigenvalue weighted by atomic mass is 16.7. The molecule has 0 rings (SSSR count). The molecule has 0 aliphatic heterocycles. The molecular formula is C56H102O6. The van der Waals surface area contributed by atoms with E-state index in [9.17, 15) is 14.4 Å². The van der Waals surface area contributed by atoms with Crippen molar-refractivity contribution in [2.45, 2.75) is 297 Å². The average Bonchev–Trinajstić information content (AvgIpc) is 3.26. The van der Waals surface area contributed by atoms with Crippen molar-refractivity contribution >= 4 is 17.9 Å². The van der Waals surface area contributed by atoms with Gasteiger partial charge in [0, 0.05) is 19.3 Å². The molecule has 6 heteroatoms. The molecule has 0 fully saturated rings. The molecule has 0 aromatic rings. The fraction of sp³-hybridized carbons (Fsp3) is 0.839. The van der Waals surface area contributed by atoms with Crippen molar-refractivity contribution in [3.63, 3.8) is 0 Å². The zero-order valence-electron chi connectivity index (χ0n) is 41.4. The lowest BCUT2D eigenvalue weighted by molar-refractivity contribution is -0.200. The van der Waals surface area contributed by atoms with E-state index < -0.39 is 18.2 Å². The van der Waals surface area contributed by atoms with Gasteiger partial charge in [-0.15, -0.1) is 0 Å². The van der Waals surface area contributed by atoms with Crippen LogP contribution < -0.4 is 0 Å². The summed E-state index contributed by atoms with van der Waals surface area (Å²) in [6.45, 7) is 6.53. The molecule has 0 saturated carbocycles. The van der Waals surface area contributed by atoms with Crippen LogP contribution >= 0.6 is 0 Å². The normalized spacial score (nSPS) is 11.8. The van der Waals surface area contributed by atoms with Gasteiger partial charge in [-0.3, -0.25) is 14.4 Å². The number of carbonyl (C=O) groups is 3. The number of rotatable bonds is 49. The van der Waals surface area contributed by atoms with Crippen LogP contribution in [0.3, 0.4) is 0 Å². The van der Waals surface area contributed by atoms with E-state index in [1.165, 1.54) is 154 Å². The maximum absolute atomic E-state index is 12.8. The van der Waals surface area contributed by atoms with Gasteiger partial charge in [-0.05, 0) is 96.3 Å². The number of esters is 3. The molecule has 0 bridgehead atoms. The summed E-state index contributed by atoms with van der Waals surface area (Å²) in [4.78, 5) is 38.1. The maximum Gasteiger partial charge on any atom is 0.308 e. The lowest BCUT2D eigenvalue weighted by Gasteiger charge is -2.18. The van der Waals surface area contributed by atoms with Crippen molar-refractivity contribution < 1.29 is 28.6 Å². The van der Waals surface area contributed by atoms with Crippen LogP contribution in [0.25, 0.3) is 0 Å². The first-order valence-corrected chi connectivity index (χ1v) is 27.0. The average molecular weight is 871 g/mol. The third-order valence-electron chi connectivity index (χ3n) is 11.8. The number of unbranched alkanes of at least 4 members (excludes halogenated alkanes) is 33. The van der Waals surface area contributed by atoms with Gasteiger partial charge in [-0.25, -0.2) is 0 Å². The highest BCUT2D eigenvalue weighted by Crippen LogP contribution is 2.15. The highest BCUT2D eigenvalue weighted by Gasteiger charge is 2.21. The van der Waals surface area contributed by atoms with Crippen LogP contribution in [0.5, 0.6) is 0 Å². The summed E-state index contributed by atoms with van der Waals surface area (Å²) < 4.78 is 16.6. The van der Waals surface area contributed by atoms with Gasteiger partial charge in [-0.1, -0.05) is 211 Å². The van der Waals surface area contributed by atoms with Crippen LogP contribution in [0.2, 0.25) is 0 Å². The molecule has 0 amide bonds. The summed E-state index contributed by atoms with van der Waals surface area (Å²) in [6, 6.07) is 0. The van der Waals surface area contributed by atoms with Gasteiger partial charge in [0.1, 0.15) is 0 Å². The Kier molecular flexibility index (Phi) is 49.3. The second-order valence-corrected chi connectivity index (χ2v) is 18.1. The monoisotopic (exact) mass is 871 g/mol. The van der Waals surface area contributed by atoms with Crippen LogP contribution in [0.15, 0.2) is 36.5 Å². The molecule has 362 valence electrons. The van der Waals surface area contributed by atoms with Crippen molar-refractivity contribution in [2.24, 2.45) is 0 Å². The summed E-state index contributed by atoms with van der Waals surface area (Å²) in [7, 11) is 0. The quantitative estimate of drug-likeness (QED) is 0.0262. The Morgan fingerprint density at radius 2 is 0.532 bits per heavy atom. The topological polar surface area (TPSA) is 78.9 Å². The number of allylic oxidation sites excluding steroid dienone is 6. The molecule has 0 aromatic heterocycles. The smallest absolute Gasteiger partial charge is 0.308 e. The van der Waals surface area contributed by atoms with Gasteiger partial charge in [0.15, 0.2) is 6.61 Å². The molecular weight excluding hydrogens is 769 g/mol. The highest BCUT2D eigenvalue weighted by molar-refractivity contribution is 5.72. The van der Waals surface area contributed by atoms with E-state index in [4.69, 9.17) is 14.2 Å². The molecule has 0 spiro atoms. The minimum atomic E-state index is -1.20. The minimum absolute atomic E-state index is 0.250. The second kappa shape index (κ2) is 51.3. The van der Waals surface area contributed by atoms with E-state index in [2.05, 4.69) is 57.2 Å².